The third kappa shape index (κ3) is 6.90. The zero-order valence-electron chi connectivity index (χ0n) is 23.9. The molecule has 7 nitrogen and oxygen atoms in total. The molecular formula is C31H35Cl2F3N4O3. The largest absolute Gasteiger partial charge is 0.391 e. The highest BCUT2D eigenvalue weighted by Gasteiger charge is 2.42. The summed E-state index contributed by atoms with van der Waals surface area (Å²) in [5, 5.41) is 3.57. The van der Waals surface area contributed by atoms with Gasteiger partial charge in [-0.15, -0.1) is 0 Å². The van der Waals surface area contributed by atoms with Gasteiger partial charge < -0.3 is 20.0 Å². The van der Waals surface area contributed by atoms with Crippen LogP contribution in [0.2, 0.25) is 10.0 Å². The first kappa shape index (κ1) is 31.4. The van der Waals surface area contributed by atoms with E-state index in [0.717, 1.165) is 29.5 Å². The summed E-state index contributed by atoms with van der Waals surface area (Å²) in [6.07, 6.45) is -1.74. The van der Waals surface area contributed by atoms with Crippen LogP contribution in [-0.2, 0) is 11.2 Å². The topological polar surface area (TPSA) is 73.0 Å². The number of carbonyl (C=O) groups is 3. The molecule has 1 unspecified atom stereocenters. The number of rotatable bonds is 5. The highest BCUT2D eigenvalue weighted by molar-refractivity contribution is 6.36. The maximum atomic E-state index is 13.3. The number of hydrogen-bond acceptors (Lipinski definition) is 3. The monoisotopic (exact) mass is 638 g/mol. The van der Waals surface area contributed by atoms with Gasteiger partial charge in [-0.25, -0.2) is 4.79 Å². The van der Waals surface area contributed by atoms with E-state index >= 15 is 0 Å². The average Bonchev–Trinajstić information content (AvgIpc) is 3.37. The molecule has 3 aliphatic heterocycles. The Morgan fingerprint density at radius 3 is 2.00 bits per heavy atom. The van der Waals surface area contributed by atoms with Crippen LogP contribution in [0.15, 0.2) is 36.4 Å². The molecule has 232 valence electrons. The van der Waals surface area contributed by atoms with Crippen molar-refractivity contribution in [2.24, 2.45) is 11.8 Å². The molecule has 2 aromatic carbocycles. The molecule has 3 heterocycles. The summed E-state index contributed by atoms with van der Waals surface area (Å²) in [6, 6.07) is 10.5. The second-order valence-electron chi connectivity index (χ2n) is 11.6. The first-order valence-electron chi connectivity index (χ1n) is 14.7. The lowest BCUT2D eigenvalue weighted by atomic mass is 9.94. The smallest absolute Gasteiger partial charge is 0.341 e. The number of amides is 4. The van der Waals surface area contributed by atoms with Crippen molar-refractivity contribution in [1.82, 2.24) is 20.0 Å². The Labute approximate surface area is 259 Å². The molecule has 3 aliphatic rings. The van der Waals surface area contributed by atoms with Gasteiger partial charge in [0.2, 0.25) is 5.91 Å². The van der Waals surface area contributed by atoms with Crippen LogP contribution in [0.25, 0.3) is 11.1 Å². The maximum absolute atomic E-state index is 13.3. The first-order chi connectivity index (χ1) is 20.5. The number of benzene rings is 2. The molecule has 2 aromatic rings. The van der Waals surface area contributed by atoms with Gasteiger partial charge in [-0.3, -0.25) is 9.59 Å². The number of carbonyl (C=O) groups excluding carboxylic acids is 3. The molecule has 0 aromatic heterocycles. The van der Waals surface area contributed by atoms with Gasteiger partial charge in [0.05, 0.1) is 5.92 Å². The molecule has 0 bridgehead atoms. The number of urea groups is 1. The molecule has 1 atom stereocenters. The van der Waals surface area contributed by atoms with Crippen molar-refractivity contribution in [1.29, 1.82) is 0 Å². The number of alkyl halides is 3. The predicted octanol–water partition coefficient (Wildman–Crippen LogP) is 6.27. The Kier molecular flexibility index (Phi) is 9.46. The SMILES string of the molecule is CNC(=O)N1CCC(N2CCC(Cc3c(Cl)cc(-c4ccc(C(=O)N5CCC(C(F)(F)F)CC5)cc4)cc3Cl)C2=O)CC1. The van der Waals surface area contributed by atoms with Gasteiger partial charge in [0.15, 0.2) is 0 Å². The Morgan fingerprint density at radius 2 is 1.44 bits per heavy atom. The number of hydrogen-bond donors (Lipinski definition) is 1. The molecule has 0 radical (unpaired) electrons. The molecule has 43 heavy (non-hydrogen) atoms. The second kappa shape index (κ2) is 12.9. The van der Waals surface area contributed by atoms with E-state index in [4.69, 9.17) is 23.2 Å². The van der Waals surface area contributed by atoms with E-state index in [1.165, 1.54) is 4.90 Å². The standard InChI is InChI=1S/C31H35Cl2F3N4O3/c1-37-30(43)39-13-9-24(10-14-39)40-15-6-21(29(40)42)16-25-26(32)17-22(18-27(25)33)19-2-4-20(5-3-19)28(41)38-11-7-23(8-12-38)31(34,35)36/h2-5,17-18,21,23-24H,6-16H2,1H3,(H,37,43). The van der Waals surface area contributed by atoms with Crippen LogP contribution < -0.4 is 5.32 Å². The lowest BCUT2D eigenvalue weighted by molar-refractivity contribution is -0.183. The van der Waals surface area contributed by atoms with Gasteiger partial charge in [0, 0.05) is 67.3 Å². The maximum Gasteiger partial charge on any atom is 0.391 e. The molecule has 12 heteroatoms. The van der Waals surface area contributed by atoms with Crippen molar-refractivity contribution in [2.75, 3.05) is 39.8 Å². The van der Waals surface area contributed by atoms with Crippen LogP contribution >= 0.6 is 23.2 Å². The van der Waals surface area contributed by atoms with E-state index < -0.39 is 12.1 Å². The molecular weight excluding hydrogens is 604 g/mol. The van der Waals surface area contributed by atoms with Crippen LogP contribution in [0.4, 0.5) is 18.0 Å². The highest BCUT2D eigenvalue weighted by Crippen LogP contribution is 2.37. The van der Waals surface area contributed by atoms with Crippen molar-refractivity contribution in [3.63, 3.8) is 0 Å². The number of halogens is 5. The van der Waals surface area contributed by atoms with E-state index in [1.54, 1.807) is 48.3 Å². The Bertz CT molecular complexity index is 1330. The molecule has 4 amide bonds. The number of nitrogens with zero attached hydrogens (tertiary/aromatic N) is 3. The van der Waals surface area contributed by atoms with Crippen molar-refractivity contribution >= 4 is 41.0 Å². The van der Waals surface area contributed by atoms with E-state index in [9.17, 15) is 27.6 Å². The third-order valence-corrected chi connectivity index (χ3v) is 9.73. The van der Waals surface area contributed by atoms with Crippen LogP contribution in [0.3, 0.4) is 0 Å². The molecule has 3 saturated heterocycles. The first-order valence-corrected chi connectivity index (χ1v) is 15.4. The quantitative estimate of drug-likeness (QED) is 0.420. The van der Waals surface area contributed by atoms with Crippen LogP contribution in [0, 0.1) is 11.8 Å². The molecule has 0 spiro atoms. The van der Waals surface area contributed by atoms with Gasteiger partial charge in [-0.1, -0.05) is 35.3 Å². The van der Waals surface area contributed by atoms with Gasteiger partial charge in [0.25, 0.3) is 5.91 Å². The fraction of sp³-hybridized carbons (Fsp3) is 0.516. The van der Waals surface area contributed by atoms with Gasteiger partial charge in [0.1, 0.15) is 0 Å². The summed E-state index contributed by atoms with van der Waals surface area (Å²) in [7, 11) is 1.61. The molecule has 3 fully saturated rings. The fourth-order valence-corrected chi connectivity index (χ4v) is 7.10. The second-order valence-corrected chi connectivity index (χ2v) is 12.4. The summed E-state index contributed by atoms with van der Waals surface area (Å²) in [4.78, 5) is 43.3. The van der Waals surface area contributed by atoms with Crippen molar-refractivity contribution in [3.05, 3.63) is 57.6 Å². The van der Waals surface area contributed by atoms with Crippen molar-refractivity contribution < 1.29 is 27.6 Å². The van der Waals surface area contributed by atoms with Gasteiger partial charge >= 0.3 is 12.2 Å². The zero-order valence-corrected chi connectivity index (χ0v) is 25.4. The van der Waals surface area contributed by atoms with Crippen LogP contribution in [-0.4, -0.2) is 84.5 Å². The molecule has 5 rings (SSSR count). The fourth-order valence-electron chi connectivity index (χ4n) is 6.46. The minimum absolute atomic E-state index is 0.0790. The minimum atomic E-state index is -4.23. The summed E-state index contributed by atoms with van der Waals surface area (Å²) < 4.78 is 38.9. The Balaban J connectivity index is 1.19. The lowest BCUT2D eigenvalue weighted by Crippen LogP contribution is -2.49. The van der Waals surface area contributed by atoms with E-state index in [0.29, 0.717) is 48.1 Å². The summed E-state index contributed by atoms with van der Waals surface area (Å²) in [5.41, 5.74) is 2.67. The number of likely N-dealkylation sites (tertiary alicyclic amines) is 3. The van der Waals surface area contributed by atoms with E-state index in [-0.39, 0.29) is 55.7 Å². The Hall–Kier alpha value is -2.98. The number of nitrogens with one attached hydrogen (secondary N) is 1. The van der Waals surface area contributed by atoms with Crippen molar-refractivity contribution in [3.8, 4) is 11.1 Å². The highest BCUT2D eigenvalue weighted by atomic mass is 35.5. The van der Waals surface area contributed by atoms with Gasteiger partial charge in [-0.05, 0) is 79.5 Å². The normalized spacial score (nSPS) is 20.6. The zero-order chi connectivity index (χ0) is 30.9. The lowest BCUT2D eigenvalue weighted by Gasteiger charge is -2.36. The minimum Gasteiger partial charge on any atom is -0.341 e. The predicted molar refractivity (Wildman–Crippen MR) is 159 cm³/mol. The van der Waals surface area contributed by atoms with E-state index in [2.05, 4.69) is 5.32 Å². The third-order valence-electron chi connectivity index (χ3n) is 9.06. The summed E-state index contributed by atoms with van der Waals surface area (Å²) in [5.74, 6) is -1.77. The van der Waals surface area contributed by atoms with Crippen LogP contribution in [0.5, 0.6) is 0 Å². The molecule has 1 N–H and O–H groups in total. The van der Waals surface area contributed by atoms with Crippen LogP contribution in [0.1, 0.15) is 48.0 Å². The Morgan fingerprint density at radius 1 is 0.860 bits per heavy atom. The average molecular weight is 640 g/mol. The summed E-state index contributed by atoms with van der Waals surface area (Å²) >= 11 is 13.4. The van der Waals surface area contributed by atoms with Crippen molar-refractivity contribution in [2.45, 2.75) is 50.7 Å². The number of piperidine rings is 2. The summed E-state index contributed by atoms with van der Waals surface area (Å²) in [6.45, 7) is 2.07. The van der Waals surface area contributed by atoms with E-state index in [1.807, 2.05) is 4.90 Å². The van der Waals surface area contributed by atoms with Gasteiger partial charge in [-0.2, -0.15) is 13.2 Å². The molecule has 0 aliphatic carbocycles. The molecule has 0 saturated carbocycles.